The molecule has 3 heterocycles. The second-order valence-electron chi connectivity index (χ2n) is 11.3. The average molecular weight is 570 g/mol. The number of fused-ring (bicyclic) bond motifs is 3. The molecular formula is C34H36FN3O4. The van der Waals surface area contributed by atoms with E-state index in [1.54, 1.807) is 6.07 Å². The van der Waals surface area contributed by atoms with Gasteiger partial charge >= 0.3 is 5.97 Å². The summed E-state index contributed by atoms with van der Waals surface area (Å²) in [5, 5.41) is 18.0. The topological polar surface area (TPSA) is 78.5 Å². The number of carboxylic acid groups (broad SMARTS) is 1. The first-order chi connectivity index (χ1) is 20.3. The van der Waals surface area contributed by atoms with Crippen LogP contribution in [0, 0.1) is 19.7 Å². The Balaban J connectivity index is 1.44. The summed E-state index contributed by atoms with van der Waals surface area (Å²) in [7, 11) is 1.94. The Kier molecular flexibility index (Phi) is 7.49. The van der Waals surface area contributed by atoms with Crippen molar-refractivity contribution in [2.75, 3.05) is 13.2 Å². The summed E-state index contributed by atoms with van der Waals surface area (Å²) in [6.45, 7) is 8.20. The molecule has 2 aromatic heterocycles. The molecule has 0 radical (unpaired) electrons. The number of aryl methyl sites for hydroxylation is 3. The smallest absolute Gasteiger partial charge is 0.352 e. The van der Waals surface area contributed by atoms with Crippen molar-refractivity contribution >= 4 is 27.6 Å². The van der Waals surface area contributed by atoms with Gasteiger partial charge < -0.3 is 19.1 Å². The van der Waals surface area contributed by atoms with Gasteiger partial charge in [-0.2, -0.15) is 5.10 Å². The van der Waals surface area contributed by atoms with E-state index in [1.807, 2.05) is 34.5 Å². The highest BCUT2D eigenvalue weighted by Crippen LogP contribution is 2.43. The van der Waals surface area contributed by atoms with Crippen molar-refractivity contribution < 1.29 is 23.8 Å². The van der Waals surface area contributed by atoms with Crippen molar-refractivity contribution in [3.05, 3.63) is 82.6 Å². The molecule has 0 saturated heterocycles. The molecular weight excluding hydrogens is 533 g/mol. The maximum Gasteiger partial charge on any atom is 0.352 e. The third kappa shape index (κ3) is 4.83. The van der Waals surface area contributed by atoms with Gasteiger partial charge in [0.2, 0.25) is 0 Å². The molecule has 0 saturated carbocycles. The Hall–Kier alpha value is -4.17. The van der Waals surface area contributed by atoms with Gasteiger partial charge in [-0.15, -0.1) is 0 Å². The molecule has 7 nitrogen and oxygen atoms in total. The van der Waals surface area contributed by atoms with Crippen LogP contribution in [0.2, 0.25) is 0 Å². The minimum Gasteiger partial charge on any atom is -0.493 e. The van der Waals surface area contributed by atoms with E-state index in [4.69, 9.17) is 14.6 Å². The van der Waals surface area contributed by atoms with E-state index < -0.39 is 5.97 Å². The number of aromatic nitrogens is 3. The lowest BCUT2D eigenvalue weighted by Crippen LogP contribution is -2.13. The van der Waals surface area contributed by atoms with Gasteiger partial charge in [-0.05, 0) is 79.8 Å². The molecule has 1 atom stereocenters. The number of carboxylic acids is 1. The molecule has 5 aromatic rings. The summed E-state index contributed by atoms with van der Waals surface area (Å²) < 4.78 is 29.8. The predicted molar refractivity (Wildman–Crippen MR) is 162 cm³/mol. The van der Waals surface area contributed by atoms with Crippen molar-refractivity contribution in [3.8, 4) is 16.9 Å². The number of halogens is 1. The monoisotopic (exact) mass is 569 g/mol. The highest BCUT2D eigenvalue weighted by atomic mass is 19.1. The molecule has 1 unspecified atom stereocenters. The Morgan fingerprint density at radius 1 is 1.12 bits per heavy atom. The van der Waals surface area contributed by atoms with Crippen LogP contribution < -0.4 is 4.74 Å². The number of benzene rings is 3. The zero-order valence-electron chi connectivity index (χ0n) is 24.5. The Morgan fingerprint density at radius 2 is 1.93 bits per heavy atom. The summed E-state index contributed by atoms with van der Waals surface area (Å²) in [4.78, 5) is 13.0. The van der Waals surface area contributed by atoms with E-state index >= 15 is 0 Å². The normalized spacial score (nSPS) is 14.5. The zero-order valence-corrected chi connectivity index (χ0v) is 24.5. The third-order valence-corrected chi connectivity index (χ3v) is 8.59. The van der Waals surface area contributed by atoms with E-state index in [1.165, 1.54) is 12.1 Å². The van der Waals surface area contributed by atoms with E-state index in [2.05, 4.69) is 32.9 Å². The minimum absolute atomic E-state index is 0.0893. The van der Waals surface area contributed by atoms with Gasteiger partial charge in [0.1, 0.15) is 17.3 Å². The zero-order chi connectivity index (χ0) is 29.5. The van der Waals surface area contributed by atoms with E-state index in [0.29, 0.717) is 44.2 Å². The Labute approximate surface area is 244 Å². The van der Waals surface area contributed by atoms with Crippen LogP contribution in [0.4, 0.5) is 4.39 Å². The largest absolute Gasteiger partial charge is 0.493 e. The molecule has 6 rings (SSSR count). The lowest BCUT2D eigenvalue weighted by atomic mass is 9.91. The molecule has 218 valence electrons. The van der Waals surface area contributed by atoms with Crippen molar-refractivity contribution in [1.29, 1.82) is 0 Å². The lowest BCUT2D eigenvalue weighted by molar-refractivity contribution is 0.0683. The maximum absolute atomic E-state index is 13.8. The number of ether oxygens (including phenoxy) is 2. The van der Waals surface area contributed by atoms with E-state index in [-0.39, 0.29) is 11.7 Å². The Bertz CT molecular complexity index is 1820. The van der Waals surface area contributed by atoms with Gasteiger partial charge in [0.15, 0.2) is 0 Å². The molecule has 3 aromatic carbocycles. The first kappa shape index (κ1) is 28.0. The number of aromatic carboxylic acids is 1. The fraction of sp³-hybridized carbons (Fsp3) is 0.353. The number of hydrogen-bond donors (Lipinski definition) is 1. The molecule has 0 amide bonds. The summed E-state index contributed by atoms with van der Waals surface area (Å²) >= 11 is 0. The molecule has 0 bridgehead atoms. The van der Waals surface area contributed by atoms with Crippen molar-refractivity contribution in [2.45, 2.75) is 59.1 Å². The van der Waals surface area contributed by atoms with Crippen molar-refractivity contribution in [1.82, 2.24) is 14.3 Å². The Morgan fingerprint density at radius 3 is 2.74 bits per heavy atom. The minimum atomic E-state index is -0.928. The number of rotatable bonds is 6. The van der Waals surface area contributed by atoms with Crippen LogP contribution in [0.25, 0.3) is 32.8 Å². The summed E-state index contributed by atoms with van der Waals surface area (Å²) in [5.41, 5.74) is 7.13. The van der Waals surface area contributed by atoms with E-state index in [0.717, 1.165) is 68.2 Å². The van der Waals surface area contributed by atoms with Crippen LogP contribution in [0.1, 0.15) is 65.1 Å². The van der Waals surface area contributed by atoms with Crippen LogP contribution in [0.15, 0.2) is 48.5 Å². The lowest BCUT2D eigenvalue weighted by Gasteiger charge is -2.15. The highest BCUT2D eigenvalue weighted by Gasteiger charge is 2.30. The van der Waals surface area contributed by atoms with Gasteiger partial charge in [-0.1, -0.05) is 31.2 Å². The van der Waals surface area contributed by atoms with Gasteiger partial charge in [-0.25, -0.2) is 9.18 Å². The SMILES string of the molecule is Cc1ccc2c(C(C)CCOc3cccc4cc(F)ccc34)c(C(=O)O)n3c2c1-c1c(nn(C)c1C)COCCCC3. The van der Waals surface area contributed by atoms with E-state index in [9.17, 15) is 14.3 Å². The van der Waals surface area contributed by atoms with Crippen LogP contribution in [-0.2, 0) is 24.9 Å². The number of carbonyl (C=O) groups is 1. The van der Waals surface area contributed by atoms with Crippen LogP contribution in [-0.4, -0.2) is 38.6 Å². The number of nitrogens with zero attached hydrogens (tertiary/aromatic N) is 3. The summed E-state index contributed by atoms with van der Waals surface area (Å²) in [6, 6.07) is 14.4. The van der Waals surface area contributed by atoms with Crippen LogP contribution >= 0.6 is 0 Å². The van der Waals surface area contributed by atoms with Gasteiger partial charge in [-0.3, -0.25) is 4.68 Å². The average Bonchev–Trinajstić information content (AvgIpc) is 3.42. The van der Waals surface area contributed by atoms with Crippen molar-refractivity contribution in [2.24, 2.45) is 7.05 Å². The standard InChI is InChI=1S/C34H36FN3O4/c1-20-10-12-26-29(21(2)14-17-42-28-9-7-8-23-18-24(35)11-13-25(23)28)33(34(39)40)38-15-5-6-16-41-19-27-31(30(20)32(26)38)22(3)37(4)36-27/h7-13,18,21H,5-6,14-17,19H2,1-4H3,(H,39,40). The van der Waals surface area contributed by atoms with Crippen molar-refractivity contribution in [3.63, 3.8) is 0 Å². The molecule has 1 N–H and O–H groups in total. The number of hydrogen-bond acceptors (Lipinski definition) is 4. The second kappa shape index (κ2) is 11.2. The molecule has 0 spiro atoms. The van der Waals surface area contributed by atoms with Gasteiger partial charge in [0, 0.05) is 47.8 Å². The van der Waals surface area contributed by atoms with Crippen LogP contribution in [0.5, 0.6) is 5.75 Å². The third-order valence-electron chi connectivity index (χ3n) is 8.59. The fourth-order valence-electron chi connectivity index (χ4n) is 6.43. The first-order valence-corrected chi connectivity index (χ1v) is 14.6. The van der Waals surface area contributed by atoms with Gasteiger partial charge in [0.05, 0.1) is 24.4 Å². The fourth-order valence-corrected chi connectivity index (χ4v) is 6.43. The molecule has 1 aliphatic heterocycles. The highest BCUT2D eigenvalue weighted by molar-refractivity contribution is 6.05. The first-order valence-electron chi connectivity index (χ1n) is 14.6. The quantitative estimate of drug-likeness (QED) is 0.229. The van der Waals surface area contributed by atoms with Crippen LogP contribution in [0.3, 0.4) is 0 Å². The summed E-state index contributed by atoms with van der Waals surface area (Å²) in [6.07, 6.45) is 2.25. The predicted octanol–water partition coefficient (Wildman–Crippen LogP) is 7.53. The molecule has 0 aliphatic carbocycles. The second-order valence-corrected chi connectivity index (χ2v) is 11.3. The molecule has 8 heteroatoms. The summed E-state index contributed by atoms with van der Waals surface area (Å²) in [5.74, 6) is -0.612. The van der Waals surface area contributed by atoms with Gasteiger partial charge in [0.25, 0.3) is 0 Å². The maximum atomic E-state index is 13.8. The molecule has 42 heavy (non-hydrogen) atoms. The molecule has 1 aliphatic rings. The molecule has 0 fully saturated rings.